The fourth-order valence-corrected chi connectivity index (χ4v) is 4.55. The summed E-state index contributed by atoms with van der Waals surface area (Å²) in [6.45, 7) is 10.5. The second kappa shape index (κ2) is 11.8. The van der Waals surface area contributed by atoms with Gasteiger partial charge in [-0.15, -0.1) is 0 Å². The monoisotopic (exact) mass is 497 g/mol. The maximum Gasteiger partial charge on any atom is 0.350 e. The molecule has 0 radical (unpaired) electrons. The number of rotatable bonds is 10. The minimum atomic E-state index is -0.374. The summed E-state index contributed by atoms with van der Waals surface area (Å²) in [6, 6.07) is 9.90. The summed E-state index contributed by atoms with van der Waals surface area (Å²) in [4.78, 5) is 28.8. The maximum absolute atomic E-state index is 12.2. The third-order valence-corrected chi connectivity index (χ3v) is 6.42. The van der Waals surface area contributed by atoms with Crippen LogP contribution in [-0.2, 0) is 11.3 Å². The van der Waals surface area contributed by atoms with Crippen LogP contribution in [0.1, 0.15) is 34.8 Å². The number of nitrogens with zero attached hydrogens (tertiary/aromatic N) is 4. The van der Waals surface area contributed by atoms with Crippen molar-refractivity contribution < 1.29 is 14.3 Å². The van der Waals surface area contributed by atoms with Gasteiger partial charge in [-0.2, -0.15) is 9.97 Å². The van der Waals surface area contributed by atoms with Gasteiger partial charge in [0.2, 0.25) is 5.95 Å². The molecule has 1 aromatic carbocycles. The van der Waals surface area contributed by atoms with Crippen molar-refractivity contribution in [2.75, 3.05) is 54.9 Å². The molecule has 1 aliphatic rings. The first kappa shape index (κ1) is 24.7. The van der Waals surface area contributed by atoms with Crippen LogP contribution in [0.4, 0.5) is 22.7 Å². The molecule has 0 saturated carbocycles. The fourth-order valence-electron chi connectivity index (χ4n) is 3.70. The molecule has 1 saturated heterocycles. The standard InChI is InChI=1S/C24H31N7O3S/c1-4-33-18-9-7-6-8-17(18)15-26-19-14-20(31-12-10-25-11-13-31)29-23(28-19)30-24-27-16(3)21(35-24)22(32)34-5-2/h6-9,14,25H,4-5,10-13,15H2,1-3H3,(H2,26,27,28,29,30). The summed E-state index contributed by atoms with van der Waals surface area (Å²) < 4.78 is 10.9. The van der Waals surface area contributed by atoms with Crippen molar-refractivity contribution in [3.63, 3.8) is 0 Å². The van der Waals surface area contributed by atoms with Gasteiger partial charge in [-0.05, 0) is 26.8 Å². The van der Waals surface area contributed by atoms with Crippen LogP contribution in [0.15, 0.2) is 30.3 Å². The highest BCUT2D eigenvalue weighted by Gasteiger charge is 2.19. The molecule has 0 atom stereocenters. The quantitative estimate of drug-likeness (QED) is 0.359. The number of hydrogen-bond acceptors (Lipinski definition) is 11. The SMILES string of the molecule is CCOC(=O)c1sc(Nc2nc(NCc3ccccc3OCC)cc(N3CCNCC3)n2)nc1C. The highest BCUT2D eigenvalue weighted by Crippen LogP contribution is 2.28. The number of ether oxygens (including phenoxy) is 2. The third-order valence-electron chi connectivity index (χ3n) is 5.36. The Balaban J connectivity index is 1.58. The molecule has 1 fully saturated rings. The minimum absolute atomic E-state index is 0.316. The van der Waals surface area contributed by atoms with Crippen molar-refractivity contribution in [1.29, 1.82) is 0 Å². The number of hydrogen-bond donors (Lipinski definition) is 3. The van der Waals surface area contributed by atoms with Crippen LogP contribution in [0, 0.1) is 6.92 Å². The third kappa shape index (κ3) is 6.37. The Hall–Kier alpha value is -3.44. The number of nitrogens with one attached hydrogen (secondary N) is 3. The molecular formula is C24H31N7O3S. The summed E-state index contributed by atoms with van der Waals surface area (Å²) in [6.07, 6.45) is 0. The van der Waals surface area contributed by atoms with Gasteiger partial charge in [0.1, 0.15) is 22.3 Å². The molecule has 0 aliphatic carbocycles. The predicted octanol–water partition coefficient (Wildman–Crippen LogP) is 3.58. The smallest absolute Gasteiger partial charge is 0.350 e. The van der Waals surface area contributed by atoms with Gasteiger partial charge >= 0.3 is 5.97 Å². The average Bonchev–Trinajstić information content (AvgIpc) is 3.24. The van der Waals surface area contributed by atoms with Crippen molar-refractivity contribution in [3.05, 3.63) is 46.5 Å². The van der Waals surface area contributed by atoms with Gasteiger partial charge in [0.05, 0.1) is 18.9 Å². The van der Waals surface area contributed by atoms with E-state index in [4.69, 9.17) is 14.5 Å². The first-order chi connectivity index (χ1) is 17.1. The molecule has 3 heterocycles. The molecule has 35 heavy (non-hydrogen) atoms. The Bertz CT molecular complexity index is 1150. The van der Waals surface area contributed by atoms with E-state index in [-0.39, 0.29) is 5.97 Å². The minimum Gasteiger partial charge on any atom is -0.494 e. The molecule has 2 aromatic heterocycles. The van der Waals surface area contributed by atoms with Gasteiger partial charge in [-0.1, -0.05) is 29.5 Å². The van der Waals surface area contributed by atoms with E-state index in [0.717, 1.165) is 43.3 Å². The van der Waals surface area contributed by atoms with Crippen LogP contribution in [0.25, 0.3) is 0 Å². The Morgan fingerprint density at radius 1 is 1.14 bits per heavy atom. The van der Waals surface area contributed by atoms with E-state index in [1.165, 1.54) is 11.3 Å². The lowest BCUT2D eigenvalue weighted by atomic mass is 10.2. The van der Waals surface area contributed by atoms with Crippen molar-refractivity contribution >= 4 is 40.0 Å². The summed E-state index contributed by atoms with van der Waals surface area (Å²) in [7, 11) is 0. The number of anilines is 4. The first-order valence-corrected chi connectivity index (χ1v) is 12.6. The summed E-state index contributed by atoms with van der Waals surface area (Å²) in [5, 5.41) is 10.5. The summed E-state index contributed by atoms with van der Waals surface area (Å²) in [5.41, 5.74) is 1.65. The normalized spacial score (nSPS) is 13.4. The number of para-hydroxylation sites is 1. The van der Waals surface area contributed by atoms with Crippen LogP contribution in [0.2, 0.25) is 0 Å². The molecule has 11 heteroatoms. The van der Waals surface area contributed by atoms with E-state index in [0.29, 0.717) is 47.2 Å². The number of esters is 1. The molecule has 186 valence electrons. The van der Waals surface area contributed by atoms with E-state index in [1.807, 2.05) is 37.3 Å². The largest absolute Gasteiger partial charge is 0.494 e. The van der Waals surface area contributed by atoms with Crippen LogP contribution >= 0.6 is 11.3 Å². The number of aromatic nitrogens is 3. The number of piperazine rings is 1. The highest BCUT2D eigenvalue weighted by molar-refractivity contribution is 7.17. The van der Waals surface area contributed by atoms with Gasteiger partial charge in [0.25, 0.3) is 0 Å². The Morgan fingerprint density at radius 2 is 1.94 bits per heavy atom. The van der Waals surface area contributed by atoms with Crippen LogP contribution in [-0.4, -0.2) is 60.3 Å². The van der Waals surface area contributed by atoms with E-state index in [1.54, 1.807) is 13.8 Å². The topological polar surface area (TPSA) is 114 Å². The van der Waals surface area contributed by atoms with Crippen molar-refractivity contribution in [1.82, 2.24) is 20.3 Å². The highest BCUT2D eigenvalue weighted by atomic mass is 32.1. The number of carbonyl (C=O) groups is 1. The molecule has 10 nitrogen and oxygen atoms in total. The predicted molar refractivity (Wildman–Crippen MR) is 138 cm³/mol. The molecule has 0 bridgehead atoms. The molecule has 0 unspecified atom stereocenters. The Morgan fingerprint density at radius 3 is 2.71 bits per heavy atom. The second-order valence-electron chi connectivity index (χ2n) is 7.85. The molecule has 4 rings (SSSR count). The van der Waals surface area contributed by atoms with Gasteiger partial charge < -0.3 is 25.0 Å². The molecule has 3 aromatic rings. The van der Waals surface area contributed by atoms with Crippen LogP contribution in [0.3, 0.4) is 0 Å². The Labute approximate surface area is 209 Å². The van der Waals surface area contributed by atoms with Gasteiger partial charge in [-0.25, -0.2) is 9.78 Å². The molecule has 3 N–H and O–H groups in total. The number of aryl methyl sites for hydroxylation is 1. The van der Waals surface area contributed by atoms with Crippen molar-refractivity contribution in [2.24, 2.45) is 0 Å². The van der Waals surface area contributed by atoms with Crippen LogP contribution in [0.5, 0.6) is 5.75 Å². The maximum atomic E-state index is 12.2. The Kier molecular flexibility index (Phi) is 8.32. The fraction of sp³-hybridized carbons (Fsp3) is 0.417. The zero-order valence-corrected chi connectivity index (χ0v) is 21.1. The lowest BCUT2D eigenvalue weighted by Crippen LogP contribution is -2.44. The zero-order valence-electron chi connectivity index (χ0n) is 20.3. The summed E-state index contributed by atoms with van der Waals surface area (Å²) in [5.74, 6) is 2.39. The number of thiazole rings is 1. The lowest BCUT2D eigenvalue weighted by Gasteiger charge is -2.28. The molecular weight excluding hydrogens is 466 g/mol. The average molecular weight is 498 g/mol. The molecule has 0 amide bonds. The number of benzene rings is 1. The molecule has 1 aliphatic heterocycles. The summed E-state index contributed by atoms with van der Waals surface area (Å²) >= 11 is 1.23. The van der Waals surface area contributed by atoms with Crippen LogP contribution < -0.4 is 25.6 Å². The van der Waals surface area contributed by atoms with Gasteiger partial charge in [0.15, 0.2) is 5.13 Å². The van der Waals surface area contributed by atoms with Gasteiger partial charge in [0, 0.05) is 44.4 Å². The lowest BCUT2D eigenvalue weighted by molar-refractivity contribution is 0.0531. The van der Waals surface area contributed by atoms with Crippen molar-refractivity contribution in [3.8, 4) is 5.75 Å². The zero-order chi connectivity index (χ0) is 24.6. The van der Waals surface area contributed by atoms with Gasteiger partial charge in [-0.3, -0.25) is 5.32 Å². The van der Waals surface area contributed by atoms with E-state index < -0.39 is 0 Å². The molecule has 0 spiro atoms. The van der Waals surface area contributed by atoms with E-state index in [2.05, 4.69) is 30.8 Å². The number of carbonyl (C=O) groups excluding carboxylic acids is 1. The first-order valence-electron chi connectivity index (χ1n) is 11.8. The van der Waals surface area contributed by atoms with E-state index in [9.17, 15) is 4.79 Å². The van der Waals surface area contributed by atoms with Crippen molar-refractivity contribution in [2.45, 2.75) is 27.3 Å². The van der Waals surface area contributed by atoms with E-state index >= 15 is 0 Å². The second-order valence-corrected chi connectivity index (χ2v) is 8.84.